The molecule has 2 rings (SSSR count). The Bertz CT molecular complexity index is 534. The summed E-state index contributed by atoms with van der Waals surface area (Å²) in [4.78, 5) is 0. The highest BCUT2D eigenvalue weighted by atomic mass is 35.5. The van der Waals surface area contributed by atoms with Gasteiger partial charge in [0, 0.05) is 17.6 Å². The van der Waals surface area contributed by atoms with Gasteiger partial charge >= 0.3 is 0 Å². The second-order valence-corrected chi connectivity index (χ2v) is 5.85. The van der Waals surface area contributed by atoms with Crippen molar-refractivity contribution < 1.29 is 0 Å². The van der Waals surface area contributed by atoms with Gasteiger partial charge in [-0.2, -0.15) is 11.8 Å². The average Bonchev–Trinajstić information content (AvgIpc) is 2.62. The number of rotatable bonds is 4. The van der Waals surface area contributed by atoms with Crippen LogP contribution in [0.15, 0.2) is 18.2 Å². The van der Waals surface area contributed by atoms with Gasteiger partial charge in [0.1, 0.15) is 0 Å². The van der Waals surface area contributed by atoms with Gasteiger partial charge in [0.2, 0.25) is 0 Å². The molecule has 0 aliphatic carbocycles. The van der Waals surface area contributed by atoms with Crippen molar-refractivity contribution >= 4 is 45.9 Å². The lowest BCUT2D eigenvalue weighted by Crippen LogP contribution is -2.01. The molecule has 1 aromatic carbocycles. The van der Waals surface area contributed by atoms with Crippen LogP contribution in [-0.2, 0) is 6.54 Å². The number of halogens is 2. The maximum atomic E-state index is 6.30. The summed E-state index contributed by atoms with van der Waals surface area (Å²) in [5, 5.41) is 2.46. The molecule has 0 fully saturated rings. The van der Waals surface area contributed by atoms with Crippen molar-refractivity contribution in [1.29, 1.82) is 0 Å². The first-order valence-corrected chi connectivity index (χ1v) is 7.73. The Morgan fingerprint density at radius 3 is 2.76 bits per heavy atom. The summed E-state index contributed by atoms with van der Waals surface area (Å²) < 4.78 is 2.26. The van der Waals surface area contributed by atoms with E-state index < -0.39 is 0 Å². The summed E-state index contributed by atoms with van der Waals surface area (Å²) in [5.74, 6) is 1.16. The number of fused-ring (bicyclic) bond motifs is 1. The van der Waals surface area contributed by atoms with Crippen molar-refractivity contribution in [3.05, 3.63) is 33.9 Å². The third-order valence-corrected chi connectivity index (χ3v) is 4.38. The number of aryl methyl sites for hydroxylation is 2. The predicted molar refractivity (Wildman–Crippen MR) is 79.7 cm³/mol. The third kappa shape index (κ3) is 2.59. The van der Waals surface area contributed by atoms with Gasteiger partial charge in [-0.05, 0) is 37.5 Å². The molecule has 0 saturated heterocycles. The average molecular weight is 288 g/mol. The lowest BCUT2D eigenvalue weighted by Gasteiger charge is -2.09. The van der Waals surface area contributed by atoms with E-state index in [0.29, 0.717) is 10.0 Å². The molecule has 17 heavy (non-hydrogen) atoms. The largest absolute Gasteiger partial charge is 0.344 e. The van der Waals surface area contributed by atoms with Crippen LogP contribution in [0.3, 0.4) is 0 Å². The van der Waals surface area contributed by atoms with Gasteiger partial charge in [-0.1, -0.05) is 29.3 Å². The molecule has 0 bridgehead atoms. The molecular weight excluding hydrogens is 273 g/mol. The van der Waals surface area contributed by atoms with Crippen molar-refractivity contribution in [3.8, 4) is 0 Å². The number of nitrogens with zero attached hydrogens (tertiary/aromatic N) is 1. The van der Waals surface area contributed by atoms with E-state index >= 15 is 0 Å². The van der Waals surface area contributed by atoms with E-state index in [-0.39, 0.29) is 0 Å². The first-order valence-electron chi connectivity index (χ1n) is 5.58. The molecule has 0 saturated carbocycles. The highest BCUT2D eigenvalue weighted by Crippen LogP contribution is 2.33. The maximum Gasteiger partial charge on any atom is 0.0835 e. The summed E-state index contributed by atoms with van der Waals surface area (Å²) in [6.07, 6.45) is 3.28. The van der Waals surface area contributed by atoms with E-state index in [0.717, 1.165) is 24.2 Å². The van der Waals surface area contributed by atoms with Crippen LogP contribution in [-0.4, -0.2) is 16.6 Å². The molecule has 1 heterocycles. The van der Waals surface area contributed by atoms with Crippen LogP contribution in [0.1, 0.15) is 12.1 Å². The lowest BCUT2D eigenvalue weighted by molar-refractivity contribution is 0.691. The van der Waals surface area contributed by atoms with E-state index in [2.05, 4.69) is 23.8 Å². The fourth-order valence-corrected chi connectivity index (χ4v) is 2.92. The number of thioether (sulfide) groups is 1. The van der Waals surface area contributed by atoms with Crippen molar-refractivity contribution in [1.82, 2.24) is 4.57 Å². The summed E-state index contributed by atoms with van der Waals surface area (Å²) in [6.45, 7) is 3.11. The molecule has 2 aromatic rings. The molecule has 0 aliphatic rings. The topological polar surface area (TPSA) is 4.93 Å². The van der Waals surface area contributed by atoms with Crippen molar-refractivity contribution in [2.45, 2.75) is 19.9 Å². The second kappa shape index (κ2) is 5.55. The van der Waals surface area contributed by atoms with Gasteiger partial charge in [0.25, 0.3) is 0 Å². The first-order chi connectivity index (χ1) is 8.15. The Morgan fingerprint density at radius 1 is 1.29 bits per heavy atom. The molecule has 0 atom stereocenters. The number of benzene rings is 1. The molecule has 0 N–H and O–H groups in total. The normalized spacial score (nSPS) is 11.3. The van der Waals surface area contributed by atoms with Crippen LogP contribution >= 0.6 is 35.0 Å². The van der Waals surface area contributed by atoms with Gasteiger partial charge in [0.05, 0.1) is 15.6 Å². The molecule has 0 spiro atoms. The standard InChI is InChI=1S/C13H15Cl2NS/c1-9-8-10-4-5-11(14)12(15)13(10)16(9)6-3-7-17-2/h4-5,8H,3,6-7H2,1-2H3. The van der Waals surface area contributed by atoms with Crippen molar-refractivity contribution in [2.75, 3.05) is 12.0 Å². The smallest absolute Gasteiger partial charge is 0.0835 e. The quantitative estimate of drug-likeness (QED) is 0.716. The van der Waals surface area contributed by atoms with E-state index in [1.807, 2.05) is 23.9 Å². The zero-order chi connectivity index (χ0) is 12.4. The fraction of sp³-hybridized carbons (Fsp3) is 0.385. The van der Waals surface area contributed by atoms with Crippen LogP contribution in [0.4, 0.5) is 0 Å². The van der Waals surface area contributed by atoms with Gasteiger partial charge < -0.3 is 4.57 Å². The van der Waals surface area contributed by atoms with Crippen LogP contribution in [0.25, 0.3) is 10.9 Å². The molecule has 1 nitrogen and oxygen atoms in total. The van der Waals surface area contributed by atoms with Gasteiger partial charge in [-0.3, -0.25) is 0 Å². The minimum atomic E-state index is 0.628. The Kier molecular flexibility index (Phi) is 4.29. The molecule has 0 amide bonds. The molecule has 0 aliphatic heterocycles. The van der Waals surface area contributed by atoms with Crippen LogP contribution in [0.5, 0.6) is 0 Å². The number of aromatic nitrogens is 1. The van der Waals surface area contributed by atoms with Crippen LogP contribution in [0.2, 0.25) is 10.0 Å². The SMILES string of the molecule is CSCCCn1c(C)cc2ccc(Cl)c(Cl)c21. The van der Waals surface area contributed by atoms with E-state index in [4.69, 9.17) is 23.2 Å². The second-order valence-electron chi connectivity index (χ2n) is 4.08. The molecule has 1 aromatic heterocycles. The number of hydrogen-bond acceptors (Lipinski definition) is 1. The predicted octanol–water partition coefficient (Wildman–Crippen LogP) is 5.01. The summed E-state index contributed by atoms with van der Waals surface area (Å²) >= 11 is 14.2. The Balaban J connectivity index is 2.46. The summed E-state index contributed by atoms with van der Waals surface area (Å²) in [7, 11) is 0. The van der Waals surface area contributed by atoms with E-state index in [9.17, 15) is 0 Å². The third-order valence-electron chi connectivity index (χ3n) is 2.89. The molecular formula is C13H15Cl2NS. The molecule has 4 heteroatoms. The molecule has 0 unspecified atom stereocenters. The zero-order valence-electron chi connectivity index (χ0n) is 9.96. The van der Waals surface area contributed by atoms with Crippen molar-refractivity contribution in [2.24, 2.45) is 0 Å². The first kappa shape index (κ1) is 13.1. The monoisotopic (exact) mass is 287 g/mol. The van der Waals surface area contributed by atoms with E-state index in [1.54, 1.807) is 0 Å². The van der Waals surface area contributed by atoms with Crippen LogP contribution in [0, 0.1) is 6.92 Å². The number of hydrogen-bond donors (Lipinski definition) is 0. The Morgan fingerprint density at radius 2 is 2.06 bits per heavy atom. The highest BCUT2D eigenvalue weighted by Gasteiger charge is 2.11. The van der Waals surface area contributed by atoms with Gasteiger partial charge in [-0.25, -0.2) is 0 Å². The Hall–Kier alpha value is -0.310. The Labute approximate surface area is 116 Å². The van der Waals surface area contributed by atoms with Gasteiger partial charge in [0.15, 0.2) is 0 Å². The molecule has 92 valence electrons. The lowest BCUT2D eigenvalue weighted by atomic mass is 10.2. The minimum Gasteiger partial charge on any atom is -0.344 e. The van der Waals surface area contributed by atoms with Gasteiger partial charge in [-0.15, -0.1) is 0 Å². The zero-order valence-corrected chi connectivity index (χ0v) is 12.3. The molecule has 0 radical (unpaired) electrons. The van der Waals surface area contributed by atoms with Crippen molar-refractivity contribution in [3.63, 3.8) is 0 Å². The fourth-order valence-electron chi connectivity index (χ4n) is 2.08. The van der Waals surface area contributed by atoms with Crippen LogP contribution < -0.4 is 0 Å². The van der Waals surface area contributed by atoms with E-state index in [1.165, 1.54) is 11.1 Å². The summed E-state index contributed by atoms with van der Waals surface area (Å²) in [5.41, 5.74) is 2.31. The summed E-state index contributed by atoms with van der Waals surface area (Å²) in [6, 6.07) is 6.05. The maximum absolute atomic E-state index is 6.30. The minimum absolute atomic E-state index is 0.628. The highest BCUT2D eigenvalue weighted by molar-refractivity contribution is 7.98.